The van der Waals surface area contributed by atoms with Crippen LogP contribution >= 0.6 is 0 Å². The number of hydrogen-bond acceptors (Lipinski definition) is 5. The van der Waals surface area contributed by atoms with Crippen molar-refractivity contribution in [2.24, 2.45) is 0 Å². The number of ketones is 1. The maximum absolute atomic E-state index is 14.2. The lowest BCUT2D eigenvalue weighted by atomic mass is 9.81. The highest BCUT2D eigenvalue weighted by molar-refractivity contribution is 6.50. The maximum atomic E-state index is 14.2. The van der Waals surface area contributed by atoms with Crippen LogP contribution in [0.2, 0.25) is 0 Å². The van der Waals surface area contributed by atoms with Crippen molar-refractivity contribution in [1.82, 2.24) is 4.90 Å². The summed E-state index contributed by atoms with van der Waals surface area (Å²) >= 11 is 0. The number of carbonyl (C=O) groups is 3. The Kier molecular flexibility index (Phi) is 5.37. The number of para-hydroxylation sites is 1. The molecule has 0 radical (unpaired) electrons. The summed E-state index contributed by atoms with van der Waals surface area (Å²) in [5.41, 5.74) is 0.448. The van der Waals surface area contributed by atoms with Crippen molar-refractivity contribution in [3.8, 4) is 0 Å². The van der Waals surface area contributed by atoms with E-state index in [2.05, 4.69) is 6.58 Å². The third kappa shape index (κ3) is 3.04. The second-order valence-corrected chi connectivity index (χ2v) is 8.90. The lowest BCUT2D eigenvalue weighted by Gasteiger charge is -2.35. The molecule has 3 heterocycles. The normalized spacial score (nSPS) is 25.4. The van der Waals surface area contributed by atoms with Crippen molar-refractivity contribution < 1.29 is 24.2 Å². The van der Waals surface area contributed by atoms with E-state index in [0.29, 0.717) is 23.4 Å². The summed E-state index contributed by atoms with van der Waals surface area (Å²) in [6, 6.07) is 14.1. The summed E-state index contributed by atoms with van der Waals surface area (Å²) < 4.78 is 5.77. The highest BCUT2D eigenvalue weighted by Crippen LogP contribution is 2.53. The molecular weight excluding hydrogens is 432 g/mol. The quantitative estimate of drug-likeness (QED) is 0.322. The van der Waals surface area contributed by atoms with E-state index in [4.69, 9.17) is 4.74 Å². The van der Waals surface area contributed by atoms with E-state index >= 15 is 0 Å². The fourth-order valence-electron chi connectivity index (χ4n) is 5.28. The first-order valence-electron chi connectivity index (χ1n) is 11.4. The zero-order chi connectivity index (χ0) is 24.0. The number of nitrogens with zero attached hydrogens (tertiary/aromatic N) is 2. The van der Waals surface area contributed by atoms with E-state index in [-0.39, 0.29) is 30.5 Å². The highest BCUT2D eigenvalue weighted by Gasteiger charge is 2.67. The van der Waals surface area contributed by atoms with Gasteiger partial charge in [0.15, 0.2) is 5.54 Å². The van der Waals surface area contributed by atoms with E-state index in [0.717, 1.165) is 18.4 Å². The number of aliphatic hydroxyl groups excluding tert-OH is 1. The Morgan fingerprint density at radius 2 is 1.91 bits per heavy atom. The minimum Gasteiger partial charge on any atom is -0.507 e. The molecule has 1 spiro atoms. The highest BCUT2D eigenvalue weighted by atomic mass is 16.5. The van der Waals surface area contributed by atoms with Crippen molar-refractivity contribution in [1.29, 1.82) is 0 Å². The number of aliphatic hydroxyl groups is 1. The standard InChI is InChI=1S/C27H26N2O5/c1-3-14-28-21-9-5-4-8-20(21)27(26(28)33)22(23(30)18-12-10-17(2)11-13-18)24(31)25(32)29(27)16-19-7-6-15-34-19/h3-5,8-13,19,30H,1,6-7,14-16H2,2H3/b23-22+. The number of fused-ring (bicyclic) bond motifs is 2. The first kappa shape index (κ1) is 22.1. The van der Waals surface area contributed by atoms with Crippen LogP contribution in [0, 0.1) is 6.92 Å². The molecule has 2 atom stereocenters. The minimum atomic E-state index is -1.77. The van der Waals surface area contributed by atoms with Crippen molar-refractivity contribution in [2.45, 2.75) is 31.4 Å². The fourth-order valence-corrected chi connectivity index (χ4v) is 5.28. The Bertz CT molecular complexity index is 1230. The Hall–Kier alpha value is -3.71. The van der Waals surface area contributed by atoms with E-state index < -0.39 is 23.1 Å². The smallest absolute Gasteiger partial charge is 0.296 e. The molecule has 34 heavy (non-hydrogen) atoms. The van der Waals surface area contributed by atoms with Gasteiger partial charge in [0.1, 0.15) is 5.76 Å². The van der Waals surface area contributed by atoms with Gasteiger partial charge in [0.05, 0.1) is 17.4 Å². The number of hydrogen-bond donors (Lipinski definition) is 1. The maximum Gasteiger partial charge on any atom is 0.296 e. The zero-order valence-corrected chi connectivity index (χ0v) is 19.0. The van der Waals surface area contributed by atoms with Gasteiger partial charge in [-0.2, -0.15) is 0 Å². The van der Waals surface area contributed by atoms with E-state index in [1.54, 1.807) is 54.6 Å². The third-order valence-corrected chi connectivity index (χ3v) is 6.86. The Morgan fingerprint density at radius 3 is 2.59 bits per heavy atom. The third-order valence-electron chi connectivity index (χ3n) is 6.86. The Balaban J connectivity index is 1.79. The van der Waals surface area contributed by atoms with Crippen molar-refractivity contribution in [3.05, 3.63) is 83.4 Å². The SMILES string of the molecule is C=CCN1C(=O)C2(/C(=C(/O)c3ccc(C)cc3)C(=O)C(=O)N2CC2CCCO2)c2ccccc21. The first-order valence-corrected chi connectivity index (χ1v) is 11.4. The summed E-state index contributed by atoms with van der Waals surface area (Å²) in [5.74, 6) is -2.51. The molecule has 3 aliphatic heterocycles. The molecule has 7 nitrogen and oxygen atoms in total. The number of rotatable bonds is 5. The van der Waals surface area contributed by atoms with Crippen LogP contribution in [0.5, 0.6) is 0 Å². The predicted octanol–water partition coefficient (Wildman–Crippen LogP) is 3.28. The Labute approximate surface area is 197 Å². The van der Waals surface area contributed by atoms with Gasteiger partial charge in [0.25, 0.3) is 17.6 Å². The average Bonchev–Trinajstić information content (AvgIpc) is 3.49. The topological polar surface area (TPSA) is 87.2 Å². The molecule has 0 aromatic heterocycles. The lowest BCUT2D eigenvalue weighted by Crippen LogP contribution is -2.53. The van der Waals surface area contributed by atoms with Crippen LogP contribution in [-0.2, 0) is 24.7 Å². The Morgan fingerprint density at radius 1 is 1.18 bits per heavy atom. The number of amides is 2. The molecule has 7 heteroatoms. The number of anilines is 1. The van der Waals surface area contributed by atoms with Crippen molar-refractivity contribution in [2.75, 3.05) is 24.6 Å². The van der Waals surface area contributed by atoms with E-state index in [1.807, 2.05) is 6.92 Å². The molecule has 5 rings (SSSR count). The largest absolute Gasteiger partial charge is 0.507 e. The van der Waals surface area contributed by atoms with Crippen LogP contribution in [-0.4, -0.2) is 53.4 Å². The van der Waals surface area contributed by atoms with Crippen LogP contribution in [0.1, 0.15) is 29.5 Å². The number of benzene rings is 2. The van der Waals surface area contributed by atoms with Crippen LogP contribution in [0.25, 0.3) is 5.76 Å². The van der Waals surface area contributed by atoms with Gasteiger partial charge < -0.3 is 19.6 Å². The number of carbonyl (C=O) groups excluding carboxylic acids is 3. The van der Waals surface area contributed by atoms with Gasteiger partial charge in [-0.1, -0.05) is 54.1 Å². The minimum absolute atomic E-state index is 0.0806. The molecule has 0 bridgehead atoms. The van der Waals surface area contributed by atoms with Gasteiger partial charge >= 0.3 is 0 Å². The summed E-state index contributed by atoms with van der Waals surface area (Å²) in [6.07, 6.45) is 2.88. The zero-order valence-electron chi connectivity index (χ0n) is 19.0. The lowest BCUT2D eigenvalue weighted by molar-refractivity contribution is -0.145. The number of likely N-dealkylation sites (tertiary alicyclic amines) is 1. The van der Waals surface area contributed by atoms with E-state index in [9.17, 15) is 19.5 Å². The molecule has 2 aromatic rings. The second kappa shape index (κ2) is 8.25. The summed E-state index contributed by atoms with van der Waals surface area (Å²) in [7, 11) is 0. The average molecular weight is 459 g/mol. The van der Waals surface area contributed by atoms with Gasteiger partial charge in [0, 0.05) is 30.8 Å². The van der Waals surface area contributed by atoms with Gasteiger partial charge in [-0.15, -0.1) is 6.58 Å². The monoisotopic (exact) mass is 458 g/mol. The van der Waals surface area contributed by atoms with Crippen molar-refractivity contribution >= 4 is 29.0 Å². The molecule has 2 aromatic carbocycles. The van der Waals surface area contributed by atoms with Gasteiger partial charge in [-0.05, 0) is 25.8 Å². The molecule has 2 amide bonds. The number of aryl methyl sites for hydroxylation is 1. The van der Waals surface area contributed by atoms with Gasteiger partial charge in [-0.25, -0.2) is 0 Å². The summed E-state index contributed by atoms with van der Waals surface area (Å²) in [6.45, 7) is 6.52. The summed E-state index contributed by atoms with van der Waals surface area (Å²) in [5, 5.41) is 11.4. The molecule has 0 saturated carbocycles. The molecule has 2 unspecified atom stereocenters. The number of Topliss-reactive ketones (excluding diaryl/α,β-unsaturated/α-hetero) is 1. The molecule has 1 N–H and O–H groups in total. The van der Waals surface area contributed by atoms with Crippen LogP contribution in [0.3, 0.4) is 0 Å². The molecule has 0 aliphatic carbocycles. The van der Waals surface area contributed by atoms with E-state index in [1.165, 1.54) is 9.80 Å². The molecule has 2 fully saturated rings. The predicted molar refractivity (Wildman–Crippen MR) is 127 cm³/mol. The van der Waals surface area contributed by atoms with Gasteiger partial charge in [0.2, 0.25) is 0 Å². The molecule has 174 valence electrons. The van der Waals surface area contributed by atoms with Crippen LogP contribution in [0.4, 0.5) is 5.69 Å². The first-order chi connectivity index (χ1) is 16.4. The fraction of sp³-hybridized carbons (Fsp3) is 0.296. The van der Waals surface area contributed by atoms with Gasteiger partial charge in [-0.3, -0.25) is 14.4 Å². The summed E-state index contributed by atoms with van der Waals surface area (Å²) in [4.78, 5) is 44.0. The second-order valence-electron chi connectivity index (χ2n) is 8.90. The molecule has 2 saturated heterocycles. The number of ether oxygens (including phenoxy) is 1. The molecule has 3 aliphatic rings. The van der Waals surface area contributed by atoms with Crippen molar-refractivity contribution in [3.63, 3.8) is 0 Å². The molecular formula is C27H26N2O5. The van der Waals surface area contributed by atoms with Crippen LogP contribution in [0.15, 0.2) is 66.8 Å². The van der Waals surface area contributed by atoms with Crippen LogP contribution < -0.4 is 4.90 Å².